The van der Waals surface area contributed by atoms with E-state index in [1.165, 1.54) is 0 Å². The molecule has 0 amide bonds. The van der Waals surface area contributed by atoms with Gasteiger partial charge >= 0.3 is 12.4 Å². The van der Waals surface area contributed by atoms with E-state index >= 15 is 0 Å². The van der Waals surface area contributed by atoms with E-state index in [-0.39, 0.29) is 25.7 Å². The molecular formula is C14H16F6. The van der Waals surface area contributed by atoms with Crippen LogP contribution in [0.1, 0.15) is 36.8 Å². The molecule has 20 heavy (non-hydrogen) atoms. The second kappa shape index (κ2) is 6.99. The van der Waals surface area contributed by atoms with Gasteiger partial charge in [0.2, 0.25) is 0 Å². The van der Waals surface area contributed by atoms with E-state index in [0.29, 0.717) is 0 Å². The first kappa shape index (κ1) is 16.9. The van der Waals surface area contributed by atoms with Crippen molar-refractivity contribution in [3.63, 3.8) is 0 Å². The minimum absolute atomic E-state index is 0.00446. The molecule has 0 atom stereocenters. The van der Waals surface area contributed by atoms with Crippen molar-refractivity contribution in [2.45, 2.75) is 50.9 Å². The summed E-state index contributed by atoms with van der Waals surface area (Å²) in [7, 11) is 0. The van der Waals surface area contributed by atoms with E-state index in [1.54, 1.807) is 24.3 Å². The SMILES string of the molecule is FC(F)(F)CCCc1cccc(CCCC(F)(F)F)c1. The van der Waals surface area contributed by atoms with Crippen LogP contribution >= 0.6 is 0 Å². The largest absolute Gasteiger partial charge is 0.389 e. The van der Waals surface area contributed by atoms with Crippen LogP contribution in [0.25, 0.3) is 0 Å². The van der Waals surface area contributed by atoms with Crippen molar-refractivity contribution in [2.75, 3.05) is 0 Å². The number of hydrogen-bond donors (Lipinski definition) is 0. The molecule has 0 saturated carbocycles. The molecule has 0 saturated heterocycles. The second-order valence-electron chi connectivity index (χ2n) is 4.76. The normalized spacial score (nSPS) is 12.7. The third kappa shape index (κ3) is 8.07. The van der Waals surface area contributed by atoms with Crippen LogP contribution in [-0.2, 0) is 12.8 Å². The molecule has 1 aromatic carbocycles. The lowest BCUT2D eigenvalue weighted by Gasteiger charge is -2.08. The molecule has 0 fully saturated rings. The van der Waals surface area contributed by atoms with Crippen LogP contribution in [0.4, 0.5) is 26.3 Å². The highest BCUT2D eigenvalue weighted by atomic mass is 19.4. The van der Waals surface area contributed by atoms with Gasteiger partial charge in [-0.25, -0.2) is 0 Å². The number of benzene rings is 1. The molecule has 0 aliphatic carbocycles. The topological polar surface area (TPSA) is 0 Å². The van der Waals surface area contributed by atoms with Crippen molar-refractivity contribution >= 4 is 0 Å². The van der Waals surface area contributed by atoms with Crippen molar-refractivity contribution in [3.05, 3.63) is 35.4 Å². The summed E-state index contributed by atoms with van der Waals surface area (Å²) in [6.07, 6.45) is -9.45. The van der Waals surface area contributed by atoms with Gasteiger partial charge in [0.25, 0.3) is 0 Å². The molecule has 0 bridgehead atoms. The molecule has 6 heteroatoms. The smallest absolute Gasteiger partial charge is 0.171 e. The van der Waals surface area contributed by atoms with Crippen LogP contribution in [0.2, 0.25) is 0 Å². The predicted molar refractivity (Wildman–Crippen MR) is 64.4 cm³/mol. The first-order valence-electron chi connectivity index (χ1n) is 6.37. The number of alkyl halides is 6. The van der Waals surface area contributed by atoms with Gasteiger partial charge in [0.1, 0.15) is 0 Å². The molecule has 1 aromatic rings. The summed E-state index contributed by atoms with van der Waals surface area (Å²) < 4.78 is 72.1. The molecule has 0 nitrogen and oxygen atoms in total. The van der Waals surface area contributed by atoms with E-state index in [4.69, 9.17) is 0 Å². The first-order valence-corrected chi connectivity index (χ1v) is 6.37. The maximum Gasteiger partial charge on any atom is 0.389 e. The lowest BCUT2D eigenvalue weighted by atomic mass is 10.0. The highest BCUT2D eigenvalue weighted by Gasteiger charge is 2.26. The Hall–Kier alpha value is -1.20. The van der Waals surface area contributed by atoms with Gasteiger partial charge in [0, 0.05) is 12.8 Å². The molecule has 1 rings (SSSR count). The van der Waals surface area contributed by atoms with Crippen LogP contribution in [-0.4, -0.2) is 12.4 Å². The average Bonchev–Trinajstić information content (AvgIpc) is 2.26. The summed E-state index contributed by atoms with van der Waals surface area (Å²) in [6, 6.07) is 6.76. The molecule has 0 unspecified atom stereocenters. The maximum atomic E-state index is 12.0. The van der Waals surface area contributed by atoms with E-state index < -0.39 is 25.2 Å². The Bertz CT molecular complexity index is 370. The van der Waals surface area contributed by atoms with Gasteiger partial charge in [0.15, 0.2) is 0 Å². The summed E-state index contributed by atoms with van der Waals surface area (Å²) in [5.41, 5.74) is 1.47. The number of aryl methyl sites for hydroxylation is 2. The first-order chi connectivity index (χ1) is 9.16. The van der Waals surface area contributed by atoms with Crippen LogP contribution in [0.5, 0.6) is 0 Å². The van der Waals surface area contributed by atoms with Gasteiger partial charge in [-0.15, -0.1) is 0 Å². The van der Waals surface area contributed by atoms with Crippen LogP contribution in [0.15, 0.2) is 24.3 Å². The number of halogens is 6. The van der Waals surface area contributed by atoms with Gasteiger partial charge in [-0.2, -0.15) is 26.3 Å². The van der Waals surface area contributed by atoms with Gasteiger partial charge in [0.05, 0.1) is 0 Å². The maximum absolute atomic E-state index is 12.0. The Balaban J connectivity index is 2.41. The third-order valence-electron chi connectivity index (χ3n) is 2.84. The molecule has 0 aromatic heterocycles. The van der Waals surface area contributed by atoms with Gasteiger partial charge in [-0.3, -0.25) is 0 Å². The molecule has 0 radical (unpaired) electrons. The standard InChI is InChI=1S/C14H16F6/c15-13(16,17)8-2-6-11-4-1-5-12(10-11)7-3-9-14(18,19)20/h1,4-5,10H,2-3,6-9H2. The highest BCUT2D eigenvalue weighted by Crippen LogP contribution is 2.24. The second-order valence-corrected chi connectivity index (χ2v) is 4.76. The van der Waals surface area contributed by atoms with Gasteiger partial charge in [-0.1, -0.05) is 24.3 Å². The molecule has 0 spiro atoms. The molecule has 114 valence electrons. The molecular weight excluding hydrogens is 282 g/mol. The van der Waals surface area contributed by atoms with E-state index in [2.05, 4.69) is 0 Å². The summed E-state index contributed by atoms with van der Waals surface area (Å²) in [6.45, 7) is 0. The summed E-state index contributed by atoms with van der Waals surface area (Å²) in [5, 5.41) is 0. The summed E-state index contributed by atoms with van der Waals surface area (Å²) in [5.74, 6) is 0. The average molecular weight is 298 g/mol. The summed E-state index contributed by atoms with van der Waals surface area (Å²) in [4.78, 5) is 0. The Morgan fingerprint density at radius 3 is 1.45 bits per heavy atom. The van der Waals surface area contributed by atoms with Crippen molar-refractivity contribution in [1.82, 2.24) is 0 Å². The van der Waals surface area contributed by atoms with E-state index in [0.717, 1.165) is 11.1 Å². The van der Waals surface area contributed by atoms with E-state index in [9.17, 15) is 26.3 Å². The zero-order valence-electron chi connectivity index (χ0n) is 10.8. The Morgan fingerprint density at radius 2 is 1.10 bits per heavy atom. The van der Waals surface area contributed by atoms with Crippen LogP contribution < -0.4 is 0 Å². The highest BCUT2D eigenvalue weighted by molar-refractivity contribution is 5.23. The van der Waals surface area contributed by atoms with Gasteiger partial charge in [-0.05, 0) is 36.8 Å². The van der Waals surface area contributed by atoms with Crippen molar-refractivity contribution in [2.24, 2.45) is 0 Å². The molecule has 0 heterocycles. The zero-order valence-corrected chi connectivity index (χ0v) is 10.8. The van der Waals surface area contributed by atoms with Crippen molar-refractivity contribution in [1.29, 1.82) is 0 Å². The fourth-order valence-corrected chi connectivity index (χ4v) is 1.93. The van der Waals surface area contributed by atoms with E-state index in [1.807, 2.05) is 0 Å². The fraction of sp³-hybridized carbons (Fsp3) is 0.571. The van der Waals surface area contributed by atoms with Crippen LogP contribution in [0.3, 0.4) is 0 Å². The Morgan fingerprint density at radius 1 is 0.700 bits per heavy atom. The fourth-order valence-electron chi connectivity index (χ4n) is 1.93. The zero-order chi connectivity index (χ0) is 15.2. The predicted octanol–water partition coefficient (Wildman–Crippen LogP) is 5.46. The number of hydrogen-bond acceptors (Lipinski definition) is 0. The quantitative estimate of drug-likeness (QED) is 0.612. The number of rotatable bonds is 6. The molecule has 0 aliphatic heterocycles. The lowest BCUT2D eigenvalue weighted by molar-refractivity contribution is -0.136. The van der Waals surface area contributed by atoms with Gasteiger partial charge < -0.3 is 0 Å². The van der Waals surface area contributed by atoms with Crippen LogP contribution in [0, 0.1) is 0 Å². The third-order valence-corrected chi connectivity index (χ3v) is 2.84. The Labute approximate surface area is 113 Å². The Kier molecular flexibility index (Phi) is 5.89. The minimum atomic E-state index is -4.16. The summed E-state index contributed by atoms with van der Waals surface area (Å²) >= 11 is 0. The molecule has 0 N–H and O–H groups in total. The van der Waals surface area contributed by atoms with Crippen molar-refractivity contribution < 1.29 is 26.3 Å². The minimum Gasteiger partial charge on any atom is -0.171 e. The lowest BCUT2D eigenvalue weighted by Crippen LogP contribution is -2.07. The van der Waals surface area contributed by atoms with Crippen molar-refractivity contribution in [3.8, 4) is 0 Å². The molecule has 0 aliphatic rings. The monoisotopic (exact) mass is 298 g/mol.